The zero-order valence-electron chi connectivity index (χ0n) is 23.6. The standard InChI is InChI=1S/C31H37N5O3S/c1-34(2)29-33-25-18-35(30(38)39-3)20-31(27(25)40-29)19-32-17-24(31)28(37)36-15-14-23(21-10-6-4-7-11-21)16-26(36)22-12-8-5-9-13-22/h4-13,23-24,26,32H,14-20H2,1-3H3/p+3/t23-,24+,26+,31+/m1/s1. The molecule has 0 radical (unpaired) electrons. The van der Waals surface area contributed by atoms with Gasteiger partial charge in [-0.25, -0.2) is 9.69 Å². The van der Waals surface area contributed by atoms with Crippen LogP contribution in [0.4, 0.5) is 9.93 Å². The molecular weight excluding hydrogens is 522 g/mol. The number of amides is 2. The third kappa shape index (κ3) is 4.70. The van der Waals surface area contributed by atoms with Crippen LogP contribution in [-0.4, -0.2) is 69.2 Å². The maximum absolute atomic E-state index is 14.8. The van der Waals surface area contributed by atoms with Crippen molar-refractivity contribution < 1.29 is 29.5 Å². The summed E-state index contributed by atoms with van der Waals surface area (Å²) in [5.74, 6) is 0.391. The molecule has 3 aromatic rings. The highest BCUT2D eigenvalue weighted by Gasteiger charge is 2.60. The Labute approximate surface area is 239 Å². The quantitative estimate of drug-likeness (QED) is 0.506. The first-order valence-electron chi connectivity index (χ1n) is 14.3. The van der Waals surface area contributed by atoms with Gasteiger partial charge in [-0.15, -0.1) is 4.98 Å². The number of carbonyl (C=O) groups excluding carboxylic acids is 2. The first-order chi connectivity index (χ1) is 19.4. The van der Waals surface area contributed by atoms with Crippen LogP contribution in [0, 0.1) is 5.92 Å². The van der Waals surface area contributed by atoms with Crippen molar-refractivity contribution in [2.45, 2.75) is 36.8 Å². The molecule has 2 fully saturated rings. The topological polar surface area (TPSA) is 85.0 Å². The lowest BCUT2D eigenvalue weighted by molar-refractivity contribution is -0.823. The third-order valence-electron chi connectivity index (χ3n) is 9.12. The predicted octanol–water partition coefficient (Wildman–Crippen LogP) is 1.50. The molecular formula is C31H40N5O3S+3. The van der Waals surface area contributed by atoms with Crippen LogP contribution in [0.25, 0.3) is 0 Å². The Morgan fingerprint density at radius 1 is 1.07 bits per heavy atom. The molecule has 4 N–H and O–H groups in total. The highest BCUT2D eigenvalue weighted by molar-refractivity contribution is 7.14. The summed E-state index contributed by atoms with van der Waals surface area (Å²) in [6, 6.07) is 21.2. The van der Waals surface area contributed by atoms with E-state index in [4.69, 9.17) is 4.74 Å². The van der Waals surface area contributed by atoms with Crippen molar-refractivity contribution in [2.75, 3.05) is 47.4 Å². The number of nitrogens with two attached hydrogens (primary N) is 1. The maximum atomic E-state index is 14.8. The summed E-state index contributed by atoms with van der Waals surface area (Å²) in [6.45, 7) is 3.18. The Bertz CT molecular complexity index is 1360. The van der Waals surface area contributed by atoms with Gasteiger partial charge >= 0.3 is 11.2 Å². The first-order valence-corrected chi connectivity index (χ1v) is 15.1. The summed E-state index contributed by atoms with van der Waals surface area (Å²) < 4.78 is 5.17. The first kappa shape index (κ1) is 26.9. The number of piperidine rings is 1. The Morgan fingerprint density at radius 3 is 2.45 bits per heavy atom. The number of thiazole rings is 1. The van der Waals surface area contributed by atoms with Crippen LogP contribution >= 0.6 is 11.3 Å². The highest BCUT2D eigenvalue weighted by Crippen LogP contribution is 2.46. The van der Waals surface area contributed by atoms with Gasteiger partial charge in [-0.3, -0.25) is 9.69 Å². The number of aromatic amines is 1. The van der Waals surface area contributed by atoms with E-state index in [2.05, 4.69) is 83.9 Å². The Hall–Kier alpha value is -3.27. The summed E-state index contributed by atoms with van der Waals surface area (Å²) in [4.78, 5) is 37.5. The molecule has 0 aliphatic carbocycles. The van der Waals surface area contributed by atoms with Crippen LogP contribution in [0.15, 0.2) is 60.7 Å². The molecule has 2 aromatic carbocycles. The fraction of sp³-hybridized carbons (Fsp3) is 0.452. The van der Waals surface area contributed by atoms with E-state index in [1.54, 1.807) is 16.2 Å². The summed E-state index contributed by atoms with van der Waals surface area (Å²) in [5.41, 5.74) is 3.12. The lowest BCUT2D eigenvalue weighted by Gasteiger charge is -2.44. The van der Waals surface area contributed by atoms with Crippen LogP contribution in [0.1, 0.15) is 46.5 Å². The van der Waals surface area contributed by atoms with Crippen molar-refractivity contribution in [3.8, 4) is 0 Å². The summed E-state index contributed by atoms with van der Waals surface area (Å²) >= 11 is 1.76. The summed E-state index contributed by atoms with van der Waals surface area (Å²) in [6.07, 6.45) is 1.51. The molecule has 2 saturated heterocycles. The second-order valence-electron chi connectivity index (χ2n) is 11.7. The van der Waals surface area contributed by atoms with Gasteiger partial charge in [0.2, 0.25) is 11.6 Å². The Kier molecular flexibility index (Phi) is 7.37. The van der Waals surface area contributed by atoms with Crippen molar-refractivity contribution in [3.05, 3.63) is 82.4 Å². The van der Waals surface area contributed by atoms with E-state index in [-0.39, 0.29) is 24.0 Å². The van der Waals surface area contributed by atoms with Crippen LogP contribution in [0.5, 0.6) is 0 Å². The van der Waals surface area contributed by atoms with Crippen molar-refractivity contribution in [3.63, 3.8) is 0 Å². The normalized spacial score (nSPS) is 26.2. The molecule has 40 heavy (non-hydrogen) atoms. The van der Waals surface area contributed by atoms with Gasteiger partial charge in [0, 0.05) is 13.1 Å². The van der Waals surface area contributed by atoms with Gasteiger partial charge in [0.15, 0.2) is 0 Å². The average molecular weight is 563 g/mol. The SMILES string of the molecule is COC(=O)N1Cc2[nH+]c([NH+](C)C)sc2[C@@]2(C[NH2+]C[C@H]2C(=O)N2CC[C@@H](c3ccccc3)C[C@H]2c2ccccc2)C1. The number of H-pyrrole nitrogens is 1. The van der Waals surface area contributed by atoms with E-state index >= 15 is 0 Å². The van der Waals surface area contributed by atoms with Gasteiger partial charge in [0.05, 0.1) is 45.8 Å². The summed E-state index contributed by atoms with van der Waals surface area (Å²) in [7, 11) is 5.63. The number of nitrogens with zero attached hydrogens (tertiary/aromatic N) is 2. The van der Waals surface area contributed by atoms with E-state index in [1.165, 1.54) is 28.0 Å². The molecule has 0 saturated carbocycles. The van der Waals surface area contributed by atoms with E-state index in [0.717, 1.165) is 43.3 Å². The smallest absolute Gasteiger partial charge is 0.426 e. The van der Waals surface area contributed by atoms with Gasteiger partial charge in [-0.05, 0) is 41.2 Å². The average Bonchev–Trinajstić information content (AvgIpc) is 3.62. The van der Waals surface area contributed by atoms with E-state index < -0.39 is 5.41 Å². The number of benzene rings is 2. The molecule has 1 spiro atoms. The van der Waals surface area contributed by atoms with Gasteiger partial charge in [0.1, 0.15) is 17.3 Å². The van der Waals surface area contributed by atoms with E-state index in [0.29, 0.717) is 19.0 Å². The molecule has 3 aliphatic rings. The van der Waals surface area contributed by atoms with Crippen molar-refractivity contribution >= 4 is 28.5 Å². The lowest BCUT2D eigenvalue weighted by Crippen LogP contribution is -3.01. The molecule has 2 amide bonds. The fourth-order valence-corrected chi connectivity index (χ4v) is 8.44. The van der Waals surface area contributed by atoms with Crippen molar-refractivity contribution in [1.29, 1.82) is 0 Å². The van der Waals surface area contributed by atoms with Crippen LogP contribution in [-0.2, 0) is 21.5 Å². The molecule has 1 aromatic heterocycles. The van der Waals surface area contributed by atoms with Gasteiger partial charge < -0.3 is 15.0 Å². The third-order valence-corrected chi connectivity index (χ3v) is 10.7. The minimum absolute atomic E-state index is 0.0155. The molecule has 210 valence electrons. The molecule has 8 nitrogen and oxygen atoms in total. The number of fused-ring (bicyclic) bond motifs is 2. The minimum Gasteiger partial charge on any atom is -0.453 e. The molecule has 0 unspecified atom stereocenters. The number of carbonyl (C=O) groups is 2. The molecule has 3 aliphatic heterocycles. The number of hydrogen-bond donors (Lipinski definition) is 2. The Morgan fingerprint density at radius 2 is 1.77 bits per heavy atom. The van der Waals surface area contributed by atoms with E-state index in [9.17, 15) is 9.59 Å². The number of aromatic nitrogens is 1. The second kappa shape index (κ2) is 11.0. The largest absolute Gasteiger partial charge is 0.453 e. The number of ether oxygens (including phenoxy) is 1. The minimum atomic E-state index is -0.453. The number of quaternary nitrogens is 2. The second-order valence-corrected chi connectivity index (χ2v) is 12.7. The predicted molar refractivity (Wildman–Crippen MR) is 152 cm³/mol. The van der Waals surface area contributed by atoms with Gasteiger partial charge in [0.25, 0.3) is 0 Å². The van der Waals surface area contributed by atoms with Crippen LogP contribution in [0.2, 0.25) is 0 Å². The number of likely N-dealkylation sites (tertiary alicyclic amines) is 1. The maximum Gasteiger partial charge on any atom is 0.426 e. The molecule has 4 heterocycles. The lowest BCUT2D eigenvalue weighted by atomic mass is 9.72. The zero-order chi connectivity index (χ0) is 27.9. The van der Waals surface area contributed by atoms with Crippen LogP contribution < -0.4 is 15.2 Å². The number of rotatable bonds is 4. The molecule has 4 atom stereocenters. The van der Waals surface area contributed by atoms with E-state index in [1.807, 2.05) is 6.07 Å². The zero-order valence-corrected chi connectivity index (χ0v) is 24.4. The number of methoxy groups -OCH3 is 1. The van der Waals surface area contributed by atoms with Gasteiger partial charge in [-0.2, -0.15) is 0 Å². The number of nitrogens with one attached hydrogen (secondary N) is 2. The monoisotopic (exact) mass is 562 g/mol. The van der Waals surface area contributed by atoms with Crippen molar-refractivity contribution in [1.82, 2.24) is 9.80 Å². The van der Waals surface area contributed by atoms with Crippen molar-refractivity contribution in [2.24, 2.45) is 5.92 Å². The number of hydrogen-bond acceptors (Lipinski definition) is 4. The highest BCUT2D eigenvalue weighted by atomic mass is 32.1. The fourth-order valence-electron chi connectivity index (χ4n) is 7.13. The van der Waals surface area contributed by atoms with Gasteiger partial charge in [-0.1, -0.05) is 60.7 Å². The van der Waals surface area contributed by atoms with Crippen LogP contribution in [0.3, 0.4) is 0 Å². The molecule has 6 rings (SSSR count). The molecule has 9 heteroatoms. The summed E-state index contributed by atoms with van der Waals surface area (Å²) in [5, 5.41) is 3.38. The Balaban J connectivity index is 1.37. The molecule has 0 bridgehead atoms.